The third-order valence-corrected chi connectivity index (χ3v) is 9.92. The summed E-state index contributed by atoms with van der Waals surface area (Å²) in [6.07, 6.45) is 3.41. The minimum atomic E-state index is -2.09. The van der Waals surface area contributed by atoms with Gasteiger partial charge in [0.15, 0.2) is 0 Å². The molecule has 3 aromatic carbocycles. The molecule has 0 aliphatic rings. The summed E-state index contributed by atoms with van der Waals surface area (Å²) in [6, 6.07) is 32.7. The summed E-state index contributed by atoms with van der Waals surface area (Å²) in [7, 11) is -1.47. The van der Waals surface area contributed by atoms with E-state index in [1.165, 1.54) is 37.1 Å². The summed E-state index contributed by atoms with van der Waals surface area (Å²) >= 11 is 1.87. The number of fused-ring (bicyclic) bond motifs is 3. The summed E-state index contributed by atoms with van der Waals surface area (Å²) in [4.78, 5) is 8.89. The van der Waals surface area contributed by atoms with E-state index in [4.69, 9.17) is 9.10 Å². The molecule has 0 saturated heterocycles. The molecule has 0 bridgehead atoms. The van der Waals surface area contributed by atoms with Gasteiger partial charge in [0.1, 0.15) is 0 Å². The van der Waals surface area contributed by atoms with Crippen LogP contribution < -0.4 is 5.19 Å². The molecule has 0 aliphatic carbocycles. The van der Waals surface area contributed by atoms with Gasteiger partial charge in [0.05, 0.1) is 0 Å². The maximum atomic E-state index is 7.23. The van der Waals surface area contributed by atoms with E-state index in [0.717, 1.165) is 22.5 Å². The van der Waals surface area contributed by atoms with E-state index in [0.29, 0.717) is 5.92 Å². The molecule has 205 valence electrons. The second-order valence-electron chi connectivity index (χ2n) is 11.0. The first-order chi connectivity index (χ1) is 19.9. The average Bonchev–Trinajstić information content (AvgIpc) is 3.36. The van der Waals surface area contributed by atoms with Crippen molar-refractivity contribution in [3.05, 3.63) is 115 Å². The summed E-state index contributed by atoms with van der Waals surface area (Å²) < 4.78 is 24.4. The normalized spacial score (nSPS) is 12.7. The van der Waals surface area contributed by atoms with Crippen molar-refractivity contribution in [1.82, 2.24) is 9.97 Å². The summed E-state index contributed by atoms with van der Waals surface area (Å²) in [5, 5.41) is 4.29. The van der Waals surface area contributed by atoms with Gasteiger partial charge in [-0.3, -0.25) is 0 Å². The maximum absolute atomic E-state index is 7.23. The molecule has 5 heteroatoms. The number of benzene rings is 3. The Bertz CT molecular complexity index is 1810. The maximum Gasteiger partial charge on any atom is 0.0300 e. The number of aromatic nitrogens is 2. The number of rotatable bonds is 4. The quantitative estimate of drug-likeness (QED) is 0.133. The van der Waals surface area contributed by atoms with E-state index in [1.54, 1.807) is 18.2 Å². The summed E-state index contributed by atoms with van der Waals surface area (Å²) in [5.74, 6) is 0.499. The van der Waals surface area contributed by atoms with Gasteiger partial charge in [-0.25, -0.2) is 0 Å². The van der Waals surface area contributed by atoms with Gasteiger partial charge in [-0.15, -0.1) is 58.8 Å². The van der Waals surface area contributed by atoms with Crippen LogP contribution in [0.4, 0.5) is 0 Å². The predicted octanol–water partition coefficient (Wildman–Crippen LogP) is 9.44. The number of nitrogens with zero attached hydrogens (tertiary/aromatic N) is 2. The van der Waals surface area contributed by atoms with Crippen LogP contribution in [-0.4, -0.2) is 18.0 Å². The molecule has 40 heavy (non-hydrogen) atoms. The van der Waals surface area contributed by atoms with Crippen molar-refractivity contribution in [3.63, 3.8) is 0 Å². The summed E-state index contributed by atoms with van der Waals surface area (Å²) in [6.45, 7) is 9.56. The molecule has 6 aromatic rings. The SMILES string of the molecule is CC(C)c1ccc(-c2[c-]cc([Si](C)(C)C)c3c2sc2ccccc23)nc1.[2H]C([2H])([2H])c1ccc(-c2[c-]cccc2)nc1.[Ir]. The monoisotopic (exact) mass is 738 g/mol. The molecule has 0 fully saturated rings. The fourth-order valence-electron chi connectivity index (χ4n) is 4.55. The molecule has 0 amide bonds. The summed E-state index contributed by atoms with van der Waals surface area (Å²) in [5.41, 5.74) is 5.28. The van der Waals surface area contributed by atoms with Crippen LogP contribution in [0.25, 0.3) is 42.7 Å². The number of pyridine rings is 2. The fourth-order valence-corrected chi connectivity index (χ4v) is 7.39. The van der Waals surface area contributed by atoms with Crippen LogP contribution in [0.5, 0.6) is 0 Å². The van der Waals surface area contributed by atoms with Gasteiger partial charge in [-0.2, -0.15) is 11.3 Å². The first-order valence-corrected chi connectivity index (χ1v) is 17.5. The van der Waals surface area contributed by atoms with Gasteiger partial charge in [-0.05, 0) is 51.4 Å². The Morgan fingerprint density at radius 1 is 0.850 bits per heavy atom. The Hall–Kier alpha value is -2.95. The molecule has 0 unspecified atom stereocenters. The Balaban J connectivity index is 0.000000215. The Morgan fingerprint density at radius 3 is 2.23 bits per heavy atom. The molecule has 3 aromatic heterocycles. The number of hydrogen-bond acceptors (Lipinski definition) is 3. The molecule has 0 N–H and O–H groups in total. The zero-order chi connectivity index (χ0) is 30.1. The molecule has 3 heterocycles. The molecule has 0 aliphatic heterocycles. The van der Waals surface area contributed by atoms with Crippen LogP contribution in [0.2, 0.25) is 19.6 Å². The van der Waals surface area contributed by atoms with Crippen molar-refractivity contribution < 1.29 is 24.2 Å². The van der Waals surface area contributed by atoms with E-state index in [9.17, 15) is 0 Å². The molecular formula is C35H34IrN2SSi-2. The number of hydrogen-bond donors (Lipinski definition) is 0. The van der Waals surface area contributed by atoms with Crippen LogP contribution in [0.15, 0.2) is 91.3 Å². The van der Waals surface area contributed by atoms with Crippen molar-refractivity contribution in [2.45, 2.75) is 46.3 Å². The van der Waals surface area contributed by atoms with Gasteiger partial charge >= 0.3 is 0 Å². The average molecular weight is 738 g/mol. The van der Waals surface area contributed by atoms with Gasteiger partial charge in [0.25, 0.3) is 0 Å². The van der Waals surface area contributed by atoms with E-state index >= 15 is 0 Å². The van der Waals surface area contributed by atoms with Gasteiger partial charge in [0.2, 0.25) is 0 Å². The number of thiophene rings is 1. The second-order valence-corrected chi connectivity index (χ2v) is 17.1. The first-order valence-electron chi connectivity index (χ1n) is 14.7. The largest absolute Gasteiger partial charge is 0.304 e. The van der Waals surface area contributed by atoms with E-state index in [1.807, 2.05) is 35.7 Å². The van der Waals surface area contributed by atoms with Crippen molar-refractivity contribution in [1.29, 1.82) is 0 Å². The Kier molecular flexibility index (Phi) is 8.25. The second kappa shape index (κ2) is 12.7. The van der Waals surface area contributed by atoms with Gasteiger partial charge < -0.3 is 9.97 Å². The van der Waals surface area contributed by atoms with Crippen molar-refractivity contribution in [2.75, 3.05) is 0 Å². The third kappa shape index (κ3) is 6.50. The fraction of sp³-hybridized carbons (Fsp3) is 0.200. The molecule has 0 saturated carbocycles. The van der Waals surface area contributed by atoms with E-state index in [-0.39, 0.29) is 25.7 Å². The van der Waals surface area contributed by atoms with Crippen LogP contribution in [0.3, 0.4) is 0 Å². The molecule has 0 spiro atoms. The molecule has 1 radical (unpaired) electrons. The predicted molar refractivity (Wildman–Crippen MR) is 172 cm³/mol. The molecule has 2 nitrogen and oxygen atoms in total. The zero-order valence-electron chi connectivity index (χ0n) is 26.4. The minimum absolute atomic E-state index is 0. The van der Waals surface area contributed by atoms with Crippen LogP contribution in [0, 0.1) is 19.0 Å². The van der Waals surface area contributed by atoms with Crippen LogP contribution in [-0.2, 0) is 20.1 Å². The molecule has 0 atom stereocenters. The van der Waals surface area contributed by atoms with Crippen LogP contribution in [0.1, 0.15) is 35.0 Å². The van der Waals surface area contributed by atoms with Gasteiger partial charge in [0, 0.05) is 49.4 Å². The smallest absolute Gasteiger partial charge is 0.0300 e. The molecular weight excluding hydrogens is 701 g/mol. The van der Waals surface area contributed by atoms with Crippen molar-refractivity contribution in [3.8, 4) is 22.5 Å². The minimum Gasteiger partial charge on any atom is -0.304 e. The van der Waals surface area contributed by atoms with Crippen molar-refractivity contribution in [2.24, 2.45) is 0 Å². The number of aryl methyl sites for hydroxylation is 1. The molecule has 6 rings (SSSR count). The van der Waals surface area contributed by atoms with E-state index in [2.05, 4.69) is 93.1 Å². The van der Waals surface area contributed by atoms with Crippen LogP contribution >= 0.6 is 11.3 Å². The topological polar surface area (TPSA) is 25.8 Å². The van der Waals surface area contributed by atoms with E-state index < -0.39 is 14.9 Å². The zero-order valence-corrected chi connectivity index (χ0v) is 27.6. The standard InChI is InChI=1S/C23H24NSSi.C12H10N.Ir/c1-15(2)16-10-12-19(24-14-16)17-11-13-21(26(3,4)5)22-18-8-6-7-9-20(18)25-23(17)22;1-10-7-8-12(13-9-10)11-5-3-2-4-6-11;/h6-10,12-15H,1-5H3;2-5,7-9H,1H3;/q2*-1;/i;1D3;. The Labute approximate surface area is 261 Å². The third-order valence-electron chi connectivity index (χ3n) is 6.72. The Morgan fingerprint density at radius 2 is 1.60 bits per heavy atom. The van der Waals surface area contributed by atoms with Crippen molar-refractivity contribution >= 4 is 44.8 Å². The van der Waals surface area contributed by atoms with Gasteiger partial charge in [-0.1, -0.05) is 81.3 Å². The first kappa shape index (κ1) is 26.0.